The Morgan fingerprint density at radius 3 is 2.58 bits per heavy atom. The molecule has 1 unspecified atom stereocenters. The van der Waals surface area contributed by atoms with Gasteiger partial charge in [-0.05, 0) is 50.6 Å². The lowest BCUT2D eigenvalue weighted by atomic mass is 9.96. The van der Waals surface area contributed by atoms with Gasteiger partial charge >= 0.3 is 6.18 Å². The van der Waals surface area contributed by atoms with Gasteiger partial charge < -0.3 is 10.6 Å². The Balaban J connectivity index is 2.42. The molecule has 2 rings (SSSR count). The average Bonchev–Trinajstić information content (AvgIpc) is 2.67. The van der Waals surface area contributed by atoms with Gasteiger partial charge in [0.05, 0.1) is 5.56 Å². The summed E-state index contributed by atoms with van der Waals surface area (Å²) in [5.74, 6) is 0.102. The molecule has 2 N–H and O–H groups in total. The molecule has 0 aliphatic carbocycles. The standard InChI is InChI=1S/C14H19F3N2/c1-9(2)19-8-10(5-6-18)12-7-11(14(15,16)17)3-4-13(12)19/h3-4,7,9-10H,5-6,8,18H2,1-2H3. The van der Waals surface area contributed by atoms with Crippen molar-refractivity contribution in [2.24, 2.45) is 5.73 Å². The molecule has 0 saturated carbocycles. The quantitative estimate of drug-likeness (QED) is 0.914. The van der Waals surface area contributed by atoms with Crippen molar-refractivity contribution in [1.82, 2.24) is 0 Å². The van der Waals surface area contributed by atoms with Gasteiger partial charge in [0.25, 0.3) is 0 Å². The fraction of sp³-hybridized carbons (Fsp3) is 0.571. The lowest BCUT2D eigenvalue weighted by Gasteiger charge is -2.24. The molecule has 1 aromatic carbocycles. The van der Waals surface area contributed by atoms with E-state index in [2.05, 4.69) is 4.90 Å². The lowest BCUT2D eigenvalue weighted by Crippen LogP contribution is -2.29. The fourth-order valence-electron chi connectivity index (χ4n) is 2.69. The minimum absolute atomic E-state index is 0.102. The molecule has 0 bridgehead atoms. The van der Waals surface area contributed by atoms with Crippen LogP contribution in [0.5, 0.6) is 0 Å². The zero-order valence-electron chi connectivity index (χ0n) is 11.2. The summed E-state index contributed by atoms with van der Waals surface area (Å²) >= 11 is 0. The molecule has 0 radical (unpaired) electrons. The first-order valence-corrected chi connectivity index (χ1v) is 6.52. The van der Waals surface area contributed by atoms with Crippen molar-refractivity contribution in [1.29, 1.82) is 0 Å². The van der Waals surface area contributed by atoms with Gasteiger partial charge in [-0.15, -0.1) is 0 Å². The van der Waals surface area contributed by atoms with Crippen LogP contribution in [0, 0.1) is 0 Å². The maximum absolute atomic E-state index is 12.8. The summed E-state index contributed by atoms with van der Waals surface area (Å²) in [6.45, 7) is 5.34. The number of benzene rings is 1. The predicted octanol–water partition coefficient (Wildman–Crippen LogP) is 3.37. The van der Waals surface area contributed by atoms with Crippen LogP contribution in [0.15, 0.2) is 18.2 Å². The molecule has 19 heavy (non-hydrogen) atoms. The third-order valence-electron chi connectivity index (χ3n) is 3.66. The van der Waals surface area contributed by atoms with E-state index < -0.39 is 11.7 Å². The summed E-state index contributed by atoms with van der Waals surface area (Å²) in [5.41, 5.74) is 6.70. The van der Waals surface area contributed by atoms with Crippen molar-refractivity contribution in [2.45, 2.75) is 38.4 Å². The van der Waals surface area contributed by atoms with Gasteiger partial charge in [0.15, 0.2) is 0 Å². The summed E-state index contributed by atoms with van der Waals surface area (Å²) in [7, 11) is 0. The lowest BCUT2D eigenvalue weighted by molar-refractivity contribution is -0.137. The number of fused-ring (bicyclic) bond motifs is 1. The molecule has 5 heteroatoms. The molecule has 0 spiro atoms. The number of halogens is 3. The minimum atomic E-state index is -4.28. The normalized spacial score (nSPS) is 19.1. The Kier molecular flexibility index (Phi) is 3.76. The van der Waals surface area contributed by atoms with E-state index in [1.54, 1.807) is 6.07 Å². The topological polar surface area (TPSA) is 29.3 Å². The molecular formula is C14H19F3N2. The number of rotatable bonds is 3. The molecule has 1 heterocycles. The van der Waals surface area contributed by atoms with Crippen LogP contribution in [0.2, 0.25) is 0 Å². The number of nitrogens with two attached hydrogens (primary N) is 1. The molecule has 0 saturated heterocycles. The van der Waals surface area contributed by atoms with E-state index in [9.17, 15) is 13.2 Å². The highest BCUT2D eigenvalue weighted by molar-refractivity contribution is 5.62. The molecule has 0 aromatic heterocycles. The highest BCUT2D eigenvalue weighted by atomic mass is 19.4. The molecule has 1 atom stereocenters. The van der Waals surface area contributed by atoms with Crippen molar-refractivity contribution in [3.63, 3.8) is 0 Å². The van der Waals surface area contributed by atoms with Crippen LogP contribution < -0.4 is 10.6 Å². The van der Waals surface area contributed by atoms with Crippen LogP contribution in [0.4, 0.5) is 18.9 Å². The van der Waals surface area contributed by atoms with E-state index in [-0.39, 0.29) is 12.0 Å². The molecule has 2 nitrogen and oxygen atoms in total. The summed E-state index contributed by atoms with van der Waals surface area (Å²) < 4.78 is 38.4. The van der Waals surface area contributed by atoms with Gasteiger partial charge in [0, 0.05) is 24.2 Å². The molecule has 106 valence electrons. The van der Waals surface area contributed by atoms with E-state index in [0.29, 0.717) is 6.54 Å². The molecule has 0 amide bonds. The highest BCUT2D eigenvalue weighted by Gasteiger charge is 2.35. The maximum atomic E-state index is 12.8. The first kappa shape index (κ1) is 14.2. The van der Waals surface area contributed by atoms with Crippen LogP contribution in [-0.2, 0) is 6.18 Å². The van der Waals surface area contributed by atoms with Crippen molar-refractivity contribution >= 4 is 5.69 Å². The summed E-state index contributed by atoms with van der Waals surface area (Å²) in [4.78, 5) is 2.15. The SMILES string of the molecule is CC(C)N1CC(CCN)c2cc(C(F)(F)F)ccc21. The second-order valence-electron chi connectivity index (χ2n) is 5.29. The van der Waals surface area contributed by atoms with Gasteiger partial charge in [-0.1, -0.05) is 0 Å². The second-order valence-corrected chi connectivity index (χ2v) is 5.29. The third kappa shape index (κ3) is 2.71. The fourth-order valence-corrected chi connectivity index (χ4v) is 2.69. The Bertz CT molecular complexity index is 454. The first-order valence-electron chi connectivity index (χ1n) is 6.52. The number of hydrogen-bond donors (Lipinski definition) is 1. The van der Waals surface area contributed by atoms with Crippen LogP contribution in [-0.4, -0.2) is 19.1 Å². The van der Waals surface area contributed by atoms with Crippen molar-refractivity contribution in [3.8, 4) is 0 Å². The van der Waals surface area contributed by atoms with E-state index in [4.69, 9.17) is 5.73 Å². The van der Waals surface area contributed by atoms with Crippen molar-refractivity contribution in [3.05, 3.63) is 29.3 Å². The summed E-state index contributed by atoms with van der Waals surface area (Å²) in [6, 6.07) is 4.32. The molecule has 0 fully saturated rings. The van der Waals surface area contributed by atoms with Crippen LogP contribution in [0.25, 0.3) is 0 Å². The van der Waals surface area contributed by atoms with E-state index in [1.807, 2.05) is 13.8 Å². The number of alkyl halides is 3. The predicted molar refractivity (Wildman–Crippen MR) is 70.3 cm³/mol. The zero-order valence-corrected chi connectivity index (χ0v) is 11.2. The smallest absolute Gasteiger partial charge is 0.368 e. The summed E-state index contributed by atoms with van der Waals surface area (Å²) in [5, 5.41) is 0. The Morgan fingerprint density at radius 1 is 1.37 bits per heavy atom. The molecule has 1 aliphatic rings. The Morgan fingerprint density at radius 2 is 2.05 bits per heavy atom. The Labute approximate surface area is 111 Å². The average molecular weight is 272 g/mol. The van der Waals surface area contributed by atoms with E-state index >= 15 is 0 Å². The number of nitrogens with zero attached hydrogens (tertiary/aromatic N) is 1. The van der Waals surface area contributed by atoms with Gasteiger partial charge in [-0.3, -0.25) is 0 Å². The van der Waals surface area contributed by atoms with Crippen molar-refractivity contribution < 1.29 is 13.2 Å². The van der Waals surface area contributed by atoms with Gasteiger partial charge in [0.1, 0.15) is 0 Å². The molecular weight excluding hydrogens is 253 g/mol. The third-order valence-corrected chi connectivity index (χ3v) is 3.66. The number of anilines is 1. The van der Waals surface area contributed by atoms with Crippen LogP contribution in [0.1, 0.15) is 37.3 Å². The molecule has 1 aliphatic heterocycles. The minimum Gasteiger partial charge on any atom is -0.368 e. The highest BCUT2D eigenvalue weighted by Crippen LogP contribution is 2.42. The van der Waals surface area contributed by atoms with Gasteiger partial charge in [-0.25, -0.2) is 0 Å². The first-order chi connectivity index (χ1) is 8.84. The van der Waals surface area contributed by atoms with Crippen molar-refractivity contribution in [2.75, 3.05) is 18.0 Å². The largest absolute Gasteiger partial charge is 0.416 e. The maximum Gasteiger partial charge on any atom is 0.416 e. The zero-order chi connectivity index (χ0) is 14.2. The van der Waals surface area contributed by atoms with Gasteiger partial charge in [-0.2, -0.15) is 13.2 Å². The van der Waals surface area contributed by atoms with Gasteiger partial charge in [0.2, 0.25) is 0 Å². The van der Waals surface area contributed by atoms with E-state index in [0.717, 1.165) is 24.2 Å². The monoisotopic (exact) mass is 272 g/mol. The molecule has 1 aromatic rings. The number of hydrogen-bond acceptors (Lipinski definition) is 2. The summed E-state index contributed by atoms with van der Waals surface area (Å²) in [6.07, 6.45) is -3.56. The van der Waals surface area contributed by atoms with E-state index in [1.165, 1.54) is 12.1 Å². The second kappa shape index (κ2) is 5.04. The Hall–Kier alpha value is -1.23. The van der Waals surface area contributed by atoms with Crippen LogP contribution in [0.3, 0.4) is 0 Å². The van der Waals surface area contributed by atoms with Crippen LogP contribution >= 0.6 is 0 Å².